The first-order valence-electron chi connectivity index (χ1n) is 7.90. The van der Waals surface area contributed by atoms with Crippen LogP contribution in [0.25, 0.3) is 0 Å². The van der Waals surface area contributed by atoms with E-state index in [4.69, 9.17) is 18.9 Å². The molecule has 144 valence electrons. The first-order valence-corrected chi connectivity index (χ1v) is 7.90. The zero-order valence-corrected chi connectivity index (χ0v) is 14.2. The van der Waals surface area contributed by atoms with Crippen LogP contribution in [0.5, 0.6) is 0 Å². The van der Waals surface area contributed by atoms with Gasteiger partial charge in [0.15, 0.2) is 12.4 Å². The van der Waals surface area contributed by atoms with Gasteiger partial charge >= 0.3 is 5.97 Å². The SMILES string of the molecule is C=CC[C@]1(CO)O[C@]2(O)OCO[C@@]2(O)[C@](O)(c2ccccc2)[C@@]1(O)OC. The molecule has 2 aliphatic rings. The molecule has 9 nitrogen and oxygen atoms in total. The largest absolute Gasteiger partial charge is 0.393 e. The summed E-state index contributed by atoms with van der Waals surface area (Å²) in [5.74, 6) is -8.67. The van der Waals surface area contributed by atoms with Gasteiger partial charge in [-0.15, -0.1) is 6.58 Å². The number of rotatable bonds is 5. The molecule has 1 aromatic rings. The van der Waals surface area contributed by atoms with Gasteiger partial charge in [0.1, 0.15) is 0 Å². The average Bonchev–Trinajstić information content (AvgIpc) is 2.95. The fourth-order valence-electron chi connectivity index (χ4n) is 3.73. The highest BCUT2D eigenvalue weighted by Gasteiger charge is 2.86. The number of benzene rings is 1. The summed E-state index contributed by atoms with van der Waals surface area (Å²) in [5, 5.41) is 54.9. The topological polar surface area (TPSA) is 138 Å². The Labute approximate surface area is 149 Å². The molecular formula is C17H22O9. The van der Waals surface area contributed by atoms with Crippen LogP contribution in [0, 0.1) is 0 Å². The molecule has 0 saturated carbocycles. The van der Waals surface area contributed by atoms with Crippen LogP contribution in [0.4, 0.5) is 0 Å². The van der Waals surface area contributed by atoms with E-state index in [1.807, 2.05) is 0 Å². The molecule has 0 spiro atoms. The Morgan fingerprint density at radius 1 is 1.15 bits per heavy atom. The number of fused-ring (bicyclic) bond motifs is 1. The molecule has 5 N–H and O–H groups in total. The van der Waals surface area contributed by atoms with E-state index in [9.17, 15) is 25.5 Å². The molecule has 2 fully saturated rings. The summed E-state index contributed by atoms with van der Waals surface area (Å²) in [6, 6.07) is 7.47. The summed E-state index contributed by atoms with van der Waals surface area (Å²) in [6.45, 7) is 1.97. The van der Waals surface area contributed by atoms with Crippen molar-refractivity contribution in [2.45, 2.75) is 35.2 Å². The third-order valence-corrected chi connectivity index (χ3v) is 5.10. The quantitative estimate of drug-likeness (QED) is 0.322. The molecular weight excluding hydrogens is 348 g/mol. The van der Waals surface area contributed by atoms with Crippen LogP contribution in [0.3, 0.4) is 0 Å². The maximum Gasteiger partial charge on any atom is 0.344 e. The van der Waals surface area contributed by atoms with E-state index in [0.29, 0.717) is 0 Å². The van der Waals surface area contributed by atoms with Gasteiger partial charge in [-0.05, 0) is 5.56 Å². The van der Waals surface area contributed by atoms with E-state index in [1.165, 1.54) is 30.3 Å². The highest BCUT2D eigenvalue weighted by Crippen LogP contribution is 2.61. The number of hydrogen-bond donors (Lipinski definition) is 5. The molecule has 2 aliphatic heterocycles. The summed E-state index contributed by atoms with van der Waals surface area (Å²) in [6.07, 6.45) is 1.01. The molecule has 5 atom stereocenters. The van der Waals surface area contributed by atoms with Gasteiger partial charge < -0.3 is 39.7 Å². The summed E-state index contributed by atoms with van der Waals surface area (Å²) in [5.41, 5.74) is -5.05. The predicted molar refractivity (Wildman–Crippen MR) is 85.0 cm³/mol. The van der Waals surface area contributed by atoms with Gasteiger partial charge in [-0.3, -0.25) is 4.74 Å². The predicted octanol–water partition coefficient (Wildman–Crippen LogP) is -1.11. The molecule has 0 aromatic heterocycles. The van der Waals surface area contributed by atoms with Gasteiger partial charge in [0.05, 0.1) is 6.61 Å². The number of hydrogen-bond acceptors (Lipinski definition) is 9. The van der Waals surface area contributed by atoms with E-state index in [2.05, 4.69) is 6.58 Å². The maximum atomic E-state index is 11.6. The number of ether oxygens (including phenoxy) is 4. The zero-order chi connectivity index (χ0) is 19.3. The fourth-order valence-corrected chi connectivity index (χ4v) is 3.73. The van der Waals surface area contributed by atoms with Gasteiger partial charge in [-0.25, -0.2) is 0 Å². The first kappa shape index (κ1) is 19.4. The van der Waals surface area contributed by atoms with Crippen molar-refractivity contribution < 1.29 is 44.5 Å². The normalized spacial score (nSPS) is 45.3. The highest BCUT2D eigenvalue weighted by atomic mass is 17.0. The van der Waals surface area contributed by atoms with Gasteiger partial charge in [0, 0.05) is 13.5 Å². The second kappa shape index (κ2) is 6.06. The lowest BCUT2D eigenvalue weighted by molar-refractivity contribution is -0.567. The summed E-state index contributed by atoms with van der Waals surface area (Å²) >= 11 is 0. The van der Waals surface area contributed by atoms with E-state index >= 15 is 0 Å². The van der Waals surface area contributed by atoms with Crippen LogP contribution in [0.1, 0.15) is 12.0 Å². The van der Waals surface area contributed by atoms with Crippen LogP contribution in [0.2, 0.25) is 0 Å². The summed E-state index contributed by atoms with van der Waals surface area (Å²) in [7, 11) is 1.05. The molecule has 0 aliphatic carbocycles. The van der Waals surface area contributed by atoms with Crippen LogP contribution >= 0.6 is 0 Å². The van der Waals surface area contributed by atoms with Crippen molar-refractivity contribution >= 4 is 0 Å². The Bertz CT molecular complexity index is 684. The number of methoxy groups -OCH3 is 1. The lowest BCUT2D eigenvalue weighted by atomic mass is 9.66. The number of aliphatic hydroxyl groups is 5. The molecule has 2 heterocycles. The van der Waals surface area contributed by atoms with Gasteiger partial charge in [-0.2, -0.15) is 0 Å². The van der Waals surface area contributed by atoms with Crippen LogP contribution in [-0.4, -0.2) is 69.2 Å². The van der Waals surface area contributed by atoms with E-state index in [1.54, 1.807) is 6.07 Å². The van der Waals surface area contributed by atoms with Crippen LogP contribution < -0.4 is 0 Å². The molecule has 2 saturated heterocycles. The Hall–Kier alpha value is -1.40. The van der Waals surface area contributed by atoms with Crippen molar-refractivity contribution in [2.24, 2.45) is 0 Å². The summed E-state index contributed by atoms with van der Waals surface area (Å²) < 4.78 is 20.7. The Morgan fingerprint density at radius 2 is 1.81 bits per heavy atom. The lowest BCUT2D eigenvalue weighted by Crippen LogP contribution is -2.86. The molecule has 0 radical (unpaired) electrons. The lowest BCUT2D eigenvalue weighted by Gasteiger charge is -2.62. The van der Waals surface area contributed by atoms with Crippen molar-refractivity contribution in [3.05, 3.63) is 48.6 Å². The van der Waals surface area contributed by atoms with Gasteiger partial charge in [0.25, 0.3) is 5.79 Å². The molecule has 1 aromatic carbocycles. The Kier molecular flexibility index (Phi) is 4.51. The van der Waals surface area contributed by atoms with Gasteiger partial charge in [-0.1, -0.05) is 36.4 Å². The van der Waals surface area contributed by atoms with Crippen LogP contribution in [0.15, 0.2) is 43.0 Å². The van der Waals surface area contributed by atoms with Gasteiger partial charge in [0.2, 0.25) is 11.4 Å². The molecule has 26 heavy (non-hydrogen) atoms. The third-order valence-electron chi connectivity index (χ3n) is 5.10. The van der Waals surface area contributed by atoms with E-state index in [-0.39, 0.29) is 12.0 Å². The van der Waals surface area contributed by atoms with E-state index in [0.717, 1.165) is 7.11 Å². The molecule has 0 bridgehead atoms. The highest BCUT2D eigenvalue weighted by molar-refractivity contribution is 5.34. The molecule has 3 rings (SSSR count). The monoisotopic (exact) mass is 370 g/mol. The fraction of sp³-hybridized carbons (Fsp3) is 0.529. The molecule has 0 unspecified atom stereocenters. The minimum Gasteiger partial charge on any atom is -0.393 e. The van der Waals surface area contributed by atoms with Crippen molar-refractivity contribution in [1.29, 1.82) is 0 Å². The average molecular weight is 370 g/mol. The minimum atomic E-state index is -2.98. The summed E-state index contributed by atoms with van der Waals surface area (Å²) in [4.78, 5) is 0. The van der Waals surface area contributed by atoms with E-state index < -0.39 is 42.1 Å². The molecule has 0 amide bonds. The number of aliphatic hydroxyl groups excluding tert-OH is 1. The smallest absolute Gasteiger partial charge is 0.344 e. The van der Waals surface area contributed by atoms with Crippen LogP contribution in [-0.2, 0) is 24.5 Å². The van der Waals surface area contributed by atoms with Crippen molar-refractivity contribution in [1.82, 2.24) is 0 Å². The van der Waals surface area contributed by atoms with Crippen molar-refractivity contribution in [3.63, 3.8) is 0 Å². The zero-order valence-electron chi connectivity index (χ0n) is 14.2. The van der Waals surface area contributed by atoms with Crippen molar-refractivity contribution in [3.8, 4) is 0 Å². The second-order valence-electron chi connectivity index (χ2n) is 6.30. The Balaban J connectivity index is 2.37. The third kappa shape index (κ3) is 2.00. The molecule has 9 heteroatoms. The maximum absolute atomic E-state index is 11.6. The first-order chi connectivity index (χ1) is 12.2. The Morgan fingerprint density at radius 3 is 2.35 bits per heavy atom. The second-order valence-corrected chi connectivity index (χ2v) is 6.30. The minimum absolute atomic E-state index is 0.0686. The standard InChI is InChI=1S/C17H22O9/c1-3-9-13(10-18)15(20,23-2)14(19,12-7-5-4-6-8-12)16(21)17(22,26-13)25-11-24-16/h3-8,18-22H,1,9-11H2,2H3/t13-,14+,15+,16+,17-/m1/s1. The van der Waals surface area contributed by atoms with Crippen molar-refractivity contribution in [2.75, 3.05) is 20.5 Å².